The number of ether oxygens (including phenoxy) is 2. The number of hydrogen-bond acceptors (Lipinski definition) is 5. The van der Waals surface area contributed by atoms with Crippen LogP contribution < -0.4 is 19.7 Å². The maximum absolute atomic E-state index is 13.3. The number of anilines is 1. The molecule has 0 spiro atoms. The van der Waals surface area contributed by atoms with Gasteiger partial charge in [0, 0.05) is 28.2 Å². The first-order valence-electron chi connectivity index (χ1n) is 10.1. The standard InChI is InChI=1S/C24H18ClN3O4S/c1-13-8-15(14(2)27(13)18-6-7-20-21(11-18)32-12-31-20)9-19-22(29)26-24(33)28(23(19)30)17-5-3-4-16(25)10-17/h3-11H,12H2,1-2H3,(H,26,29,33)/b19-9-. The van der Waals surface area contributed by atoms with Gasteiger partial charge >= 0.3 is 0 Å². The van der Waals surface area contributed by atoms with Gasteiger partial charge in [-0.05, 0) is 74.1 Å². The summed E-state index contributed by atoms with van der Waals surface area (Å²) in [5.74, 6) is 0.313. The number of nitrogens with zero attached hydrogens (tertiary/aromatic N) is 2. The Hall–Kier alpha value is -3.62. The largest absolute Gasteiger partial charge is 0.454 e. The van der Waals surface area contributed by atoms with Gasteiger partial charge in [0.2, 0.25) is 6.79 Å². The van der Waals surface area contributed by atoms with E-state index in [1.165, 1.54) is 4.90 Å². The van der Waals surface area contributed by atoms with Crippen molar-refractivity contribution in [3.05, 3.63) is 76.1 Å². The topological polar surface area (TPSA) is 72.8 Å². The van der Waals surface area contributed by atoms with Crippen molar-refractivity contribution >= 4 is 52.5 Å². The molecule has 33 heavy (non-hydrogen) atoms. The zero-order chi connectivity index (χ0) is 23.3. The zero-order valence-corrected chi connectivity index (χ0v) is 19.3. The molecule has 0 aliphatic carbocycles. The van der Waals surface area contributed by atoms with Gasteiger partial charge in [-0.2, -0.15) is 0 Å². The third kappa shape index (κ3) is 3.67. The number of fused-ring (bicyclic) bond motifs is 1. The van der Waals surface area contributed by atoms with Crippen LogP contribution in [0.4, 0.5) is 5.69 Å². The first kappa shape index (κ1) is 21.2. The monoisotopic (exact) mass is 479 g/mol. The van der Waals surface area contributed by atoms with Crippen molar-refractivity contribution in [2.75, 3.05) is 11.7 Å². The number of carbonyl (C=O) groups excluding carboxylic acids is 2. The second-order valence-electron chi connectivity index (χ2n) is 7.64. The van der Waals surface area contributed by atoms with E-state index in [-0.39, 0.29) is 17.5 Å². The molecule has 2 aliphatic rings. The number of hydrogen-bond donors (Lipinski definition) is 1. The Morgan fingerprint density at radius 2 is 1.82 bits per heavy atom. The Bertz CT molecular complexity index is 1380. The van der Waals surface area contributed by atoms with Crippen LogP contribution in [0.5, 0.6) is 11.5 Å². The highest BCUT2D eigenvalue weighted by atomic mass is 35.5. The van der Waals surface area contributed by atoms with Gasteiger partial charge < -0.3 is 14.0 Å². The lowest BCUT2D eigenvalue weighted by atomic mass is 10.1. The first-order valence-corrected chi connectivity index (χ1v) is 10.9. The molecule has 3 heterocycles. The van der Waals surface area contributed by atoms with Crippen LogP contribution in [-0.4, -0.2) is 28.3 Å². The van der Waals surface area contributed by atoms with Crippen molar-refractivity contribution in [1.29, 1.82) is 0 Å². The third-order valence-electron chi connectivity index (χ3n) is 5.55. The van der Waals surface area contributed by atoms with E-state index >= 15 is 0 Å². The maximum atomic E-state index is 13.3. The lowest BCUT2D eigenvalue weighted by molar-refractivity contribution is -0.122. The van der Waals surface area contributed by atoms with E-state index in [1.807, 2.05) is 42.7 Å². The summed E-state index contributed by atoms with van der Waals surface area (Å²) >= 11 is 11.3. The summed E-state index contributed by atoms with van der Waals surface area (Å²) in [4.78, 5) is 27.2. The van der Waals surface area contributed by atoms with E-state index in [0.717, 1.165) is 22.6 Å². The minimum atomic E-state index is -0.545. The van der Waals surface area contributed by atoms with E-state index in [2.05, 4.69) is 5.32 Å². The van der Waals surface area contributed by atoms with Gasteiger partial charge in [-0.25, -0.2) is 0 Å². The summed E-state index contributed by atoms with van der Waals surface area (Å²) in [5.41, 5.74) is 3.89. The minimum absolute atomic E-state index is 0.00949. The highest BCUT2D eigenvalue weighted by Gasteiger charge is 2.34. The highest BCUT2D eigenvalue weighted by molar-refractivity contribution is 7.80. The lowest BCUT2D eigenvalue weighted by Gasteiger charge is -2.29. The van der Waals surface area contributed by atoms with Gasteiger partial charge in [-0.15, -0.1) is 0 Å². The van der Waals surface area contributed by atoms with Crippen LogP contribution in [0.1, 0.15) is 17.0 Å². The van der Waals surface area contributed by atoms with Crippen molar-refractivity contribution in [2.45, 2.75) is 13.8 Å². The molecule has 0 bridgehead atoms. The predicted octanol–water partition coefficient (Wildman–Crippen LogP) is 4.31. The quantitative estimate of drug-likeness (QED) is 0.344. The molecule has 1 aromatic heterocycles. The highest BCUT2D eigenvalue weighted by Crippen LogP contribution is 2.35. The van der Waals surface area contributed by atoms with Gasteiger partial charge in [0.15, 0.2) is 16.6 Å². The number of amides is 2. The molecule has 0 atom stereocenters. The Morgan fingerprint density at radius 3 is 2.61 bits per heavy atom. The third-order valence-corrected chi connectivity index (χ3v) is 6.07. The van der Waals surface area contributed by atoms with Crippen LogP contribution in [0.25, 0.3) is 11.8 Å². The molecule has 166 valence electrons. The average molecular weight is 480 g/mol. The van der Waals surface area contributed by atoms with Crippen LogP contribution in [0.2, 0.25) is 5.02 Å². The average Bonchev–Trinajstić information content (AvgIpc) is 3.34. The molecule has 0 saturated carbocycles. The Kier molecular flexibility index (Phi) is 5.19. The molecule has 3 aromatic rings. The molecule has 2 aliphatic heterocycles. The van der Waals surface area contributed by atoms with Crippen LogP contribution in [0.3, 0.4) is 0 Å². The van der Waals surface area contributed by atoms with E-state index in [1.54, 1.807) is 30.3 Å². The van der Waals surface area contributed by atoms with Gasteiger partial charge in [-0.3, -0.25) is 19.8 Å². The Labute approximate surface area is 200 Å². The van der Waals surface area contributed by atoms with Crippen molar-refractivity contribution in [1.82, 2.24) is 9.88 Å². The Balaban J connectivity index is 1.54. The number of rotatable bonds is 3. The molecule has 0 radical (unpaired) electrons. The number of aryl methyl sites for hydroxylation is 1. The molecule has 9 heteroatoms. The molecular weight excluding hydrogens is 462 g/mol. The number of aromatic nitrogens is 1. The maximum Gasteiger partial charge on any atom is 0.270 e. The van der Waals surface area contributed by atoms with Crippen LogP contribution in [0, 0.1) is 13.8 Å². The van der Waals surface area contributed by atoms with Crippen LogP contribution in [0.15, 0.2) is 54.1 Å². The number of benzene rings is 2. The van der Waals surface area contributed by atoms with Crippen molar-refractivity contribution in [2.24, 2.45) is 0 Å². The number of halogens is 1. The fraction of sp³-hybridized carbons (Fsp3) is 0.125. The number of thiocarbonyl (C=S) groups is 1. The normalized spacial score (nSPS) is 16.5. The summed E-state index contributed by atoms with van der Waals surface area (Å²) in [7, 11) is 0. The molecule has 1 N–H and O–H groups in total. The molecular formula is C24H18ClN3O4S. The molecule has 7 nitrogen and oxygen atoms in total. The lowest BCUT2D eigenvalue weighted by Crippen LogP contribution is -2.54. The van der Waals surface area contributed by atoms with Crippen molar-refractivity contribution < 1.29 is 19.1 Å². The van der Waals surface area contributed by atoms with E-state index < -0.39 is 11.8 Å². The summed E-state index contributed by atoms with van der Waals surface area (Å²) in [5, 5.41) is 3.06. The zero-order valence-electron chi connectivity index (χ0n) is 17.7. The molecule has 2 amide bonds. The molecule has 2 aromatic carbocycles. The van der Waals surface area contributed by atoms with Crippen molar-refractivity contribution in [3.63, 3.8) is 0 Å². The molecule has 0 unspecified atom stereocenters. The van der Waals surface area contributed by atoms with Crippen LogP contribution in [-0.2, 0) is 9.59 Å². The summed E-state index contributed by atoms with van der Waals surface area (Å²) < 4.78 is 12.9. The molecule has 1 saturated heterocycles. The van der Waals surface area contributed by atoms with Gasteiger partial charge in [0.25, 0.3) is 11.8 Å². The first-order chi connectivity index (χ1) is 15.8. The predicted molar refractivity (Wildman–Crippen MR) is 129 cm³/mol. The summed E-state index contributed by atoms with van der Waals surface area (Å²) in [6, 6.07) is 14.3. The smallest absolute Gasteiger partial charge is 0.270 e. The minimum Gasteiger partial charge on any atom is -0.454 e. The fourth-order valence-electron chi connectivity index (χ4n) is 4.02. The number of nitrogens with one attached hydrogen (secondary N) is 1. The number of carbonyl (C=O) groups is 2. The SMILES string of the molecule is Cc1cc(/C=C2/C(=O)NC(=S)N(c3cccc(Cl)c3)C2=O)c(C)n1-c1ccc2c(c1)OCO2. The Morgan fingerprint density at radius 1 is 1.03 bits per heavy atom. The van der Waals surface area contributed by atoms with Crippen LogP contribution >= 0.6 is 23.8 Å². The summed E-state index contributed by atoms with van der Waals surface area (Å²) in [6.45, 7) is 4.08. The van der Waals surface area contributed by atoms with E-state index in [9.17, 15) is 9.59 Å². The van der Waals surface area contributed by atoms with Crippen molar-refractivity contribution in [3.8, 4) is 17.2 Å². The van der Waals surface area contributed by atoms with Gasteiger partial charge in [0.1, 0.15) is 5.57 Å². The van der Waals surface area contributed by atoms with Gasteiger partial charge in [0.05, 0.1) is 5.69 Å². The summed E-state index contributed by atoms with van der Waals surface area (Å²) in [6.07, 6.45) is 1.59. The molecule has 5 rings (SSSR count). The molecule has 1 fully saturated rings. The fourth-order valence-corrected chi connectivity index (χ4v) is 4.48. The van der Waals surface area contributed by atoms with E-state index in [4.69, 9.17) is 33.3 Å². The second-order valence-corrected chi connectivity index (χ2v) is 8.46. The second kappa shape index (κ2) is 8.06. The van der Waals surface area contributed by atoms with E-state index in [0.29, 0.717) is 22.2 Å². The van der Waals surface area contributed by atoms with Gasteiger partial charge in [-0.1, -0.05) is 17.7 Å².